The topological polar surface area (TPSA) is 93.2 Å². The molecule has 0 radical (unpaired) electrons. The SMILES string of the molecule is C[C@@H](SC1COC(/C=C/c2ccc(C#N)cc2)OC1)[C@](O)(Cn1cncn1)c1ccc(F)cc1F. The van der Waals surface area contributed by atoms with Gasteiger partial charge in [0.1, 0.15) is 29.9 Å². The van der Waals surface area contributed by atoms with E-state index in [1.807, 2.05) is 18.2 Å². The Morgan fingerprint density at radius 2 is 2.00 bits per heavy atom. The van der Waals surface area contributed by atoms with Crippen molar-refractivity contribution < 1.29 is 23.4 Å². The molecule has 10 heteroatoms. The number of hydrogen-bond acceptors (Lipinski definition) is 7. The predicted octanol–water partition coefficient (Wildman–Crippen LogP) is 3.89. The van der Waals surface area contributed by atoms with Crippen molar-refractivity contribution in [3.05, 3.63) is 89.5 Å². The first-order valence-electron chi connectivity index (χ1n) is 10.9. The molecule has 0 bridgehead atoms. The summed E-state index contributed by atoms with van der Waals surface area (Å²) in [7, 11) is 0. The Kier molecular flexibility index (Phi) is 7.93. The van der Waals surface area contributed by atoms with Gasteiger partial charge in [-0.05, 0) is 29.8 Å². The summed E-state index contributed by atoms with van der Waals surface area (Å²) in [6.45, 7) is 2.45. The van der Waals surface area contributed by atoms with Crippen LogP contribution in [0.1, 0.15) is 23.6 Å². The molecule has 0 unspecified atom stereocenters. The van der Waals surface area contributed by atoms with Crippen LogP contribution in [0.15, 0.2) is 61.2 Å². The minimum absolute atomic E-state index is 0.0183. The maximum absolute atomic E-state index is 14.7. The van der Waals surface area contributed by atoms with Gasteiger partial charge in [0.25, 0.3) is 0 Å². The van der Waals surface area contributed by atoms with E-state index < -0.39 is 28.8 Å². The van der Waals surface area contributed by atoms with Gasteiger partial charge in [0.05, 0.1) is 36.6 Å². The highest BCUT2D eigenvalue weighted by Gasteiger charge is 2.41. The summed E-state index contributed by atoms with van der Waals surface area (Å²) >= 11 is 1.40. The molecule has 1 aromatic heterocycles. The number of nitriles is 1. The van der Waals surface area contributed by atoms with E-state index in [2.05, 4.69) is 16.2 Å². The highest BCUT2D eigenvalue weighted by atomic mass is 32.2. The molecule has 0 saturated carbocycles. The third-order valence-corrected chi connectivity index (χ3v) is 7.17. The molecule has 0 amide bonds. The van der Waals surface area contributed by atoms with Crippen LogP contribution in [0.2, 0.25) is 0 Å². The third kappa shape index (κ3) is 6.13. The zero-order valence-corrected chi connectivity index (χ0v) is 19.7. The van der Waals surface area contributed by atoms with E-state index in [1.165, 1.54) is 35.2 Å². The van der Waals surface area contributed by atoms with Crippen molar-refractivity contribution in [1.82, 2.24) is 14.8 Å². The van der Waals surface area contributed by atoms with Crippen molar-refractivity contribution in [1.29, 1.82) is 5.26 Å². The zero-order chi connectivity index (χ0) is 24.8. The van der Waals surface area contributed by atoms with Gasteiger partial charge in [-0.1, -0.05) is 31.2 Å². The number of aromatic nitrogens is 3. The van der Waals surface area contributed by atoms with Crippen LogP contribution in [0, 0.1) is 23.0 Å². The molecule has 0 aliphatic carbocycles. The van der Waals surface area contributed by atoms with Crippen LogP contribution < -0.4 is 0 Å². The molecular formula is C25H24F2N4O3S. The van der Waals surface area contributed by atoms with Crippen molar-refractivity contribution in [2.75, 3.05) is 13.2 Å². The van der Waals surface area contributed by atoms with Crippen LogP contribution >= 0.6 is 11.8 Å². The molecule has 7 nitrogen and oxygen atoms in total. The van der Waals surface area contributed by atoms with Crippen molar-refractivity contribution in [3.8, 4) is 6.07 Å². The third-order valence-electron chi connectivity index (χ3n) is 5.71. The summed E-state index contributed by atoms with van der Waals surface area (Å²) < 4.78 is 41.3. The molecule has 2 heterocycles. The first-order valence-corrected chi connectivity index (χ1v) is 11.9. The van der Waals surface area contributed by atoms with Gasteiger partial charge in [0.2, 0.25) is 0 Å². The largest absolute Gasteiger partial charge is 0.382 e. The summed E-state index contributed by atoms with van der Waals surface area (Å²) in [5.74, 6) is -1.55. The van der Waals surface area contributed by atoms with Gasteiger partial charge in [-0.3, -0.25) is 0 Å². The monoisotopic (exact) mass is 498 g/mol. The molecule has 1 fully saturated rings. The van der Waals surface area contributed by atoms with Gasteiger partial charge in [-0.25, -0.2) is 18.4 Å². The van der Waals surface area contributed by atoms with Gasteiger partial charge >= 0.3 is 0 Å². The van der Waals surface area contributed by atoms with E-state index in [0.717, 1.165) is 17.7 Å². The lowest BCUT2D eigenvalue weighted by molar-refractivity contribution is -0.146. The van der Waals surface area contributed by atoms with E-state index in [-0.39, 0.29) is 17.4 Å². The Morgan fingerprint density at radius 1 is 1.26 bits per heavy atom. The number of benzene rings is 2. The predicted molar refractivity (Wildman–Crippen MR) is 127 cm³/mol. The second-order valence-electron chi connectivity index (χ2n) is 8.17. The molecule has 1 aliphatic rings. The molecule has 35 heavy (non-hydrogen) atoms. The average Bonchev–Trinajstić information content (AvgIpc) is 3.36. The van der Waals surface area contributed by atoms with E-state index in [9.17, 15) is 13.9 Å². The molecule has 182 valence electrons. The Bertz CT molecular complexity index is 1190. The lowest BCUT2D eigenvalue weighted by Crippen LogP contribution is -2.43. The molecule has 1 aliphatic heterocycles. The van der Waals surface area contributed by atoms with Gasteiger partial charge in [0, 0.05) is 16.9 Å². The fraction of sp³-hybridized carbons (Fsp3) is 0.320. The number of nitrogens with zero attached hydrogens (tertiary/aromatic N) is 4. The van der Waals surface area contributed by atoms with E-state index >= 15 is 0 Å². The summed E-state index contributed by atoms with van der Waals surface area (Å²) in [6.07, 6.45) is 5.88. The second-order valence-corrected chi connectivity index (χ2v) is 9.82. The van der Waals surface area contributed by atoms with Crippen molar-refractivity contribution in [2.24, 2.45) is 0 Å². The van der Waals surface area contributed by atoms with Crippen molar-refractivity contribution in [2.45, 2.75) is 35.9 Å². The van der Waals surface area contributed by atoms with Crippen LogP contribution in [-0.4, -0.2) is 49.9 Å². The van der Waals surface area contributed by atoms with Gasteiger partial charge in [-0.2, -0.15) is 10.4 Å². The summed E-state index contributed by atoms with van der Waals surface area (Å²) in [6, 6.07) is 12.4. The molecule has 2 aromatic carbocycles. The summed E-state index contributed by atoms with van der Waals surface area (Å²) in [4.78, 5) is 3.89. The number of ether oxygens (including phenoxy) is 2. The van der Waals surface area contributed by atoms with Crippen molar-refractivity contribution >= 4 is 17.8 Å². The van der Waals surface area contributed by atoms with Crippen LogP contribution in [0.4, 0.5) is 8.78 Å². The van der Waals surface area contributed by atoms with Crippen molar-refractivity contribution in [3.63, 3.8) is 0 Å². The molecule has 2 atom stereocenters. The van der Waals surface area contributed by atoms with Crippen LogP contribution in [0.25, 0.3) is 6.08 Å². The van der Waals surface area contributed by atoms with Gasteiger partial charge in [0.15, 0.2) is 6.29 Å². The van der Waals surface area contributed by atoms with E-state index in [1.54, 1.807) is 25.1 Å². The maximum atomic E-state index is 14.7. The molecule has 1 N–H and O–H groups in total. The minimum Gasteiger partial charge on any atom is -0.382 e. The van der Waals surface area contributed by atoms with E-state index in [4.69, 9.17) is 14.7 Å². The number of aliphatic hydroxyl groups is 1. The maximum Gasteiger partial charge on any atom is 0.177 e. The second kappa shape index (κ2) is 11.1. The highest BCUT2D eigenvalue weighted by Crippen LogP contribution is 2.38. The molecule has 1 saturated heterocycles. The zero-order valence-electron chi connectivity index (χ0n) is 18.9. The van der Waals surface area contributed by atoms with E-state index in [0.29, 0.717) is 18.8 Å². The smallest absolute Gasteiger partial charge is 0.177 e. The number of thioether (sulfide) groups is 1. The lowest BCUT2D eigenvalue weighted by Gasteiger charge is -2.37. The lowest BCUT2D eigenvalue weighted by atomic mass is 9.90. The molecule has 0 spiro atoms. The summed E-state index contributed by atoms with van der Waals surface area (Å²) in [5.41, 5.74) is -0.204. The van der Waals surface area contributed by atoms with Gasteiger partial charge in [-0.15, -0.1) is 11.8 Å². The summed E-state index contributed by atoms with van der Waals surface area (Å²) in [5, 5.41) is 23.9. The first kappa shape index (κ1) is 25.0. The minimum atomic E-state index is -1.69. The fourth-order valence-corrected chi connectivity index (χ4v) is 5.10. The Labute approximate surface area is 206 Å². The van der Waals surface area contributed by atoms with Crippen LogP contribution in [0.5, 0.6) is 0 Å². The average molecular weight is 499 g/mol. The van der Waals surface area contributed by atoms with Crippen LogP contribution in [0.3, 0.4) is 0 Å². The fourth-order valence-electron chi connectivity index (χ4n) is 3.78. The quantitative estimate of drug-likeness (QED) is 0.504. The van der Waals surface area contributed by atoms with Crippen LogP contribution in [-0.2, 0) is 21.6 Å². The number of rotatable bonds is 8. The normalized spacial score (nSPS) is 20.9. The Hall–Kier alpha value is -3.10. The number of hydrogen-bond donors (Lipinski definition) is 1. The molecular weight excluding hydrogens is 474 g/mol. The highest BCUT2D eigenvalue weighted by molar-refractivity contribution is 8.00. The first-order chi connectivity index (χ1) is 16.9. The Morgan fingerprint density at radius 3 is 2.63 bits per heavy atom. The van der Waals surface area contributed by atoms with Gasteiger partial charge < -0.3 is 14.6 Å². The standard InChI is InChI=1S/C25H24F2N4O3S/c1-17(25(32,14-31-16-29-15-30-31)22-8-7-20(26)10-23(22)27)35-21-12-33-24(34-13-21)9-6-18-2-4-19(11-28)5-3-18/h2-10,15-17,21,24,32H,12-14H2,1H3/b9-6+/t17-,21?,24?,25-/m1/s1. The Balaban J connectivity index is 1.40. The molecule has 3 aromatic rings. The molecule has 4 rings (SSSR count). The number of halogens is 2.